The van der Waals surface area contributed by atoms with Crippen LogP contribution in [0.5, 0.6) is 0 Å². The molecule has 36 heavy (non-hydrogen) atoms. The van der Waals surface area contributed by atoms with Crippen LogP contribution >= 0.6 is 0 Å². The molecule has 0 atom stereocenters. The Bertz CT molecular complexity index is 1310. The van der Waals surface area contributed by atoms with Crippen molar-refractivity contribution in [1.82, 2.24) is 0 Å². The molecule has 3 rings (SSSR count). The summed E-state index contributed by atoms with van der Waals surface area (Å²) >= 11 is 0. The van der Waals surface area contributed by atoms with Crippen molar-refractivity contribution >= 4 is 32.9 Å². The molecule has 0 saturated carbocycles. The van der Waals surface area contributed by atoms with Gasteiger partial charge in [0, 0.05) is 22.5 Å². The number of fused-ring (bicyclic) bond motifs is 3. The molecule has 0 radical (unpaired) electrons. The molecule has 0 saturated heterocycles. The summed E-state index contributed by atoms with van der Waals surface area (Å²) in [5, 5.41) is 16.3. The highest BCUT2D eigenvalue weighted by molar-refractivity contribution is 6.12. The van der Waals surface area contributed by atoms with Crippen LogP contribution in [-0.2, 0) is 11.2 Å². The van der Waals surface area contributed by atoms with Gasteiger partial charge in [0.15, 0.2) is 0 Å². The van der Waals surface area contributed by atoms with Crippen LogP contribution in [0.1, 0.15) is 11.1 Å². The normalized spacial score (nSPS) is 14.6. The van der Waals surface area contributed by atoms with Crippen LogP contribution in [0, 0.1) is 0 Å². The average Bonchev–Trinajstić information content (AvgIpc) is 2.68. The van der Waals surface area contributed by atoms with E-state index in [2.05, 4.69) is 0 Å². The van der Waals surface area contributed by atoms with Gasteiger partial charge in [-0.25, -0.2) is 0 Å². The number of anilines is 2. The Hall–Kier alpha value is -3.14. The summed E-state index contributed by atoms with van der Waals surface area (Å²) in [6.07, 6.45) is -25.9. The van der Waals surface area contributed by atoms with E-state index in [4.69, 9.17) is 11.5 Å². The highest BCUT2D eigenvalue weighted by Crippen LogP contribution is 2.56. The molecule has 0 aliphatic heterocycles. The molecule has 198 valence electrons. The van der Waals surface area contributed by atoms with Crippen molar-refractivity contribution in [1.29, 1.82) is 0 Å². The number of hydrogen-bond acceptors (Lipinski definition) is 4. The number of benzene rings is 3. The quantitative estimate of drug-likeness (QED) is 0.188. The van der Waals surface area contributed by atoms with E-state index in [9.17, 15) is 62.9 Å². The van der Waals surface area contributed by atoms with Gasteiger partial charge >= 0.3 is 24.7 Å². The highest BCUT2D eigenvalue weighted by Gasteiger charge is 2.73. The number of aliphatic hydroxyl groups is 2. The lowest BCUT2D eigenvalue weighted by Crippen LogP contribution is -2.54. The summed E-state index contributed by atoms with van der Waals surface area (Å²) in [5.74, 6) is 0. The van der Waals surface area contributed by atoms with Gasteiger partial charge in [0.2, 0.25) is 0 Å². The lowest BCUT2D eigenvalue weighted by molar-refractivity contribution is -0.376. The third-order valence-electron chi connectivity index (χ3n) is 5.60. The second kappa shape index (κ2) is 7.68. The number of nitrogens with two attached hydrogens (primary N) is 2. The highest BCUT2D eigenvalue weighted by atomic mass is 19.4. The van der Waals surface area contributed by atoms with E-state index in [0.717, 1.165) is 18.2 Å². The summed E-state index contributed by atoms with van der Waals surface area (Å²) in [6, 6.07) is 3.43. The SMILES string of the molecule is Nc1cc2ccc3ccc(N)c(C(O)(C(F)(F)F)C(F)(F)F)c3c2cc1C(O)(C(F)(F)F)C(F)(F)F. The molecular formula is C20H12F12N2O2. The smallest absolute Gasteiger partial charge is 0.398 e. The fraction of sp³-hybridized carbons (Fsp3) is 0.300. The standard InChI is InChI=1S/C20H12F12N2O2/c21-17(22,23)15(35,18(24,25)26)10-6-9-8(5-12(10)34)2-1-7-3-4-11(33)14(13(7)9)16(36,19(27,28)29)20(30,31)32/h1-6,35-36H,33-34H2. The summed E-state index contributed by atoms with van der Waals surface area (Å²) in [7, 11) is 0. The maximum Gasteiger partial charge on any atom is 0.430 e. The molecule has 3 aromatic rings. The van der Waals surface area contributed by atoms with Crippen LogP contribution in [0.25, 0.3) is 21.5 Å². The van der Waals surface area contributed by atoms with Crippen molar-refractivity contribution in [2.75, 3.05) is 11.5 Å². The van der Waals surface area contributed by atoms with Gasteiger partial charge in [-0.1, -0.05) is 18.2 Å². The number of hydrogen-bond donors (Lipinski definition) is 4. The molecule has 0 unspecified atom stereocenters. The molecule has 16 heteroatoms. The first-order valence-corrected chi connectivity index (χ1v) is 9.27. The zero-order valence-corrected chi connectivity index (χ0v) is 17.0. The second-order valence-electron chi connectivity index (χ2n) is 7.77. The molecular weight excluding hydrogens is 528 g/mol. The Labute approximate surface area is 191 Å². The van der Waals surface area contributed by atoms with E-state index < -0.39 is 80.0 Å². The third-order valence-corrected chi connectivity index (χ3v) is 5.60. The van der Waals surface area contributed by atoms with Crippen molar-refractivity contribution in [2.24, 2.45) is 0 Å². The van der Waals surface area contributed by atoms with Crippen LogP contribution in [0.2, 0.25) is 0 Å². The predicted molar refractivity (Wildman–Crippen MR) is 102 cm³/mol. The number of alkyl halides is 12. The topological polar surface area (TPSA) is 92.5 Å². The van der Waals surface area contributed by atoms with E-state index in [1.54, 1.807) is 0 Å². The Morgan fingerprint density at radius 1 is 0.528 bits per heavy atom. The lowest BCUT2D eigenvalue weighted by Gasteiger charge is -2.35. The largest absolute Gasteiger partial charge is 0.430 e. The number of halogens is 12. The van der Waals surface area contributed by atoms with Crippen molar-refractivity contribution in [3.63, 3.8) is 0 Å². The molecule has 0 heterocycles. The molecule has 0 aliphatic carbocycles. The van der Waals surface area contributed by atoms with E-state index in [1.807, 2.05) is 0 Å². The van der Waals surface area contributed by atoms with Gasteiger partial charge in [0.05, 0.1) is 0 Å². The predicted octanol–water partition coefficient (Wildman–Crippen LogP) is 5.78. The summed E-state index contributed by atoms with van der Waals surface area (Å²) in [5.41, 5.74) is -7.53. The van der Waals surface area contributed by atoms with Crippen molar-refractivity contribution in [2.45, 2.75) is 35.9 Å². The van der Waals surface area contributed by atoms with Gasteiger partial charge < -0.3 is 21.7 Å². The van der Waals surface area contributed by atoms with Gasteiger partial charge in [0.1, 0.15) is 0 Å². The summed E-state index contributed by atoms with van der Waals surface area (Å²) < 4.78 is 163. The Balaban J connectivity index is 2.65. The molecule has 0 fully saturated rings. The molecule has 0 bridgehead atoms. The second-order valence-corrected chi connectivity index (χ2v) is 7.77. The average molecular weight is 540 g/mol. The minimum absolute atomic E-state index is 0.135. The first-order chi connectivity index (χ1) is 16.0. The van der Waals surface area contributed by atoms with Crippen LogP contribution in [0.4, 0.5) is 64.1 Å². The van der Waals surface area contributed by atoms with Gasteiger partial charge in [0.25, 0.3) is 11.2 Å². The van der Waals surface area contributed by atoms with Crippen LogP contribution < -0.4 is 11.5 Å². The first-order valence-electron chi connectivity index (χ1n) is 9.27. The van der Waals surface area contributed by atoms with E-state index in [-0.39, 0.29) is 6.07 Å². The Morgan fingerprint density at radius 2 is 0.944 bits per heavy atom. The van der Waals surface area contributed by atoms with Gasteiger partial charge in [-0.05, 0) is 39.7 Å². The maximum absolute atomic E-state index is 13.7. The van der Waals surface area contributed by atoms with Gasteiger partial charge in [-0.2, -0.15) is 52.7 Å². The summed E-state index contributed by atoms with van der Waals surface area (Å²) in [6.45, 7) is 0. The molecule has 0 amide bonds. The number of nitrogen functional groups attached to an aromatic ring is 2. The monoisotopic (exact) mass is 540 g/mol. The molecule has 0 spiro atoms. The van der Waals surface area contributed by atoms with Crippen molar-refractivity contribution in [3.05, 3.63) is 47.5 Å². The van der Waals surface area contributed by atoms with Crippen molar-refractivity contribution < 1.29 is 62.9 Å². The lowest BCUT2D eigenvalue weighted by atomic mass is 9.82. The van der Waals surface area contributed by atoms with Crippen LogP contribution in [0.3, 0.4) is 0 Å². The molecule has 6 N–H and O–H groups in total. The Morgan fingerprint density at radius 3 is 1.39 bits per heavy atom. The minimum atomic E-state index is -6.49. The third kappa shape index (κ3) is 3.65. The van der Waals surface area contributed by atoms with Gasteiger partial charge in [-0.15, -0.1) is 0 Å². The minimum Gasteiger partial charge on any atom is -0.398 e. The number of rotatable bonds is 2. The summed E-state index contributed by atoms with van der Waals surface area (Å²) in [4.78, 5) is 0. The molecule has 4 nitrogen and oxygen atoms in total. The van der Waals surface area contributed by atoms with Crippen LogP contribution in [0.15, 0.2) is 36.4 Å². The van der Waals surface area contributed by atoms with Gasteiger partial charge in [-0.3, -0.25) is 0 Å². The first kappa shape index (κ1) is 27.4. The molecule has 3 aromatic carbocycles. The van der Waals surface area contributed by atoms with Crippen LogP contribution in [-0.4, -0.2) is 34.9 Å². The van der Waals surface area contributed by atoms with E-state index in [1.165, 1.54) is 0 Å². The van der Waals surface area contributed by atoms with E-state index >= 15 is 0 Å². The fourth-order valence-electron chi connectivity index (χ4n) is 3.85. The molecule has 0 aromatic heterocycles. The Kier molecular flexibility index (Phi) is 5.85. The van der Waals surface area contributed by atoms with E-state index in [0.29, 0.717) is 12.1 Å². The zero-order valence-electron chi connectivity index (χ0n) is 17.0. The molecule has 0 aliphatic rings. The van der Waals surface area contributed by atoms with Crippen molar-refractivity contribution in [3.8, 4) is 0 Å². The maximum atomic E-state index is 13.7. The fourth-order valence-corrected chi connectivity index (χ4v) is 3.85. The zero-order chi connectivity index (χ0) is 27.9.